The predicted octanol–water partition coefficient (Wildman–Crippen LogP) is 6.05. The van der Waals surface area contributed by atoms with E-state index in [4.69, 9.17) is 4.74 Å². The summed E-state index contributed by atoms with van der Waals surface area (Å²) in [6.45, 7) is 2.23. The Hall–Kier alpha value is -2.09. The SMILES string of the molecule is CCCCCc1ccc(C2=Cc3cc(F)c(OC)cc3CC2)cc1. The quantitative estimate of drug-likeness (QED) is 0.587. The summed E-state index contributed by atoms with van der Waals surface area (Å²) < 4.78 is 19.0. The van der Waals surface area contributed by atoms with Gasteiger partial charge in [-0.25, -0.2) is 4.39 Å². The largest absolute Gasteiger partial charge is 0.494 e. The number of unbranched alkanes of at least 4 members (excludes halogenated alkanes) is 2. The first-order valence-electron chi connectivity index (χ1n) is 8.87. The number of aryl methyl sites for hydroxylation is 2. The van der Waals surface area contributed by atoms with Gasteiger partial charge in [-0.2, -0.15) is 0 Å². The third-order valence-corrected chi connectivity index (χ3v) is 4.80. The molecule has 126 valence electrons. The van der Waals surface area contributed by atoms with Crippen LogP contribution in [0, 0.1) is 5.82 Å². The molecule has 0 saturated heterocycles. The summed E-state index contributed by atoms with van der Waals surface area (Å²) in [5, 5.41) is 0. The van der Waals surface area contributed by atoms with Crippen LogP contribution in [0.15, 0.2) is 36.4 Å². The highest BCUT2D eigenvalue weighted by Crippen LogP contribution is 2.33. The van der Waals surface area contributed by atoms with Crippen LogP contribution in [0.1, 0.15) is 54.9 Å². The second-order valence-electron chi connectivity index (χ2n) is 6.51. The summed E-state index contributed by atoms with van der Waals surface area (Å²) in [5.41, 5.74) is 6.07. The average molecular weight is 324 g/mol. The van der Waals surface area contributed by atoms with Crippen molar-refractivity contribution < 1.29 is 9.13 Å². The average Bonchev–Trinajstić information content (AvgIpc) is 2.61. The number of fused-ring (bicyclic) bond motifs is 1. The highest BCUT2D eigenvalue weighted by molar-refractivity contribution is 5.84. The molecule has 2 heteroatoms. The molecule has 2 aromatic carbocycles. The molecule has 0 unspecified atom stereocenters. The fraction of sp³-hybridized carbons (Fsp3) is 0.364. The number of hydrogen-bond donors (Lipinski definition) is 0. The lowest BCUT2D eigenvalue weighted by atomic mass is 9.88. The maximum Gasteiger partial charge on any atom is 0.165 e. The van der Waals surface area contributed by atoms with Crippen LogP contribution in [-0.4, -0.2) is 7.11 Å². The molecule has 1 aliphatic carbocycles. The van der Waals surface area contributed by atoms with Gasteiger partial charge in [0.2, 0.25) is 0 Å². The van der Waals surface area contributed by atoms with Gasteiger partial charge in [0.15, 0.2) is 11.6 Å². The molecule has 0 spiro atoms. The lowest BCUT2D eigenvalue weighted by Gasteiger charge is -2.18. The molecule has 0 atom stereocenters. The van der Waals surface area contributed by atoms with Crippen molar-refractivity contribution in [1.29, 1.82) is 0 Å². The highest BCUT2D eigenvalue weighted by Gasteiger charge is 2.15. The van der Waals surface area contributed by atoms with E-state index >= 15 is 0 Å². The van der Waals surface area contributed by atoms with Crippen LogP contribution in [-0.2, 0) is 12.8 Å². The molecule has 2 aromatic rings. The van der Waals surface area contributed by atoms with E-state index in [0.29, 0.717) is 5.75 Å². The van der Waals surface area contributed by atoms with Gasteiger partial charge in [-0.1, -0.05) is 50.1 Å². The number of methoxy groups -OCH3 is 1. The molecular formula is C22H25FO. The molecule has 0 fully saturated rings. The van der Waals surface area contributed by atoms with Crippen molar-refractivity contribution >= 4 is 11.6 Å². The van der Waals surface area contributed by atoms with Crippen LogP contribution >= 0.6 is 0 Å². The van der Waals surface area contributed by atoms with E-state index in [1.807, 2.05) is 6.07 Å². The van der Waals surface area contributed by atoms with Crippen LogP contribution in [0.25, 0.3) is 11.6 Å². The molecule has 0 heterocycles. The van der Waals surface area contributed by atoms with Crippen molar-refractivity contribution in [3.05, 3.63) is 64.5 Å². The Labute approximate surface area is 144 Å². The molecule has 24 heavy (non-hydrogen) atoms. The third-order valence-electron chi connectivity index (χ3n) is 4.80. The second-order valence-corrected chi connectivity index (χ2v) is 6.51. The molecular weight excluding hydrogens is 299 g/mol. The Bertz CT molecular complexity index is 728. The first-order chi connectivity index (χ1) is 11.7. The van der Waals surface area contributed by atoms with E-state index in [9.17, 15) is 4.39 Å². The number of hydrogen-bond acceptors (Lipinski definition) is 1. The molecule has 0 radical (unpaired) electrons. The zero-order valence-electron chi connectivity index (χ0n) is 14.6. The van der Waals surface area contributed by atoms with Gasteiger partial charge in [0, 0.05) is 0 Å². The van der Waals surface area contributed by atoms with Crippen molar-refractivity contribution in [3.8, 4) is 5.75 Å². The highest BCUT2D eigenvalue weighted by atomic mass is 19.1. The number of rotatable bonds is 6. The van der Waals surface area contributed by atoms with E-state index < -0.39 is 0 Å². The standard InChI is InChI=1S/C22H25FO/c1-3-4-5-6-16-7-9-17(10-8-16)18-11-12-19-15-22(24-2)21(23)14-20(19)13-18/h7-10,13-15H,3-6,11-12H2,1-2H3. The van der Waals surface area contributed by atoms with Gasteiger partial charge in [-0.3, -0.25) is 0 Å². The Balaban J connectivity index is 1.79. The lowest BCUT2D eigenvalue weighted by molar-refractivity contribution is 0.386. The molecule has 0 bridgehead atoms. The summed E-state index contributed by atoms with van der Waals surface area (Å²) >= 11 is 0. The van der Waals surface area contributed by atoms with Gasteiger partial charge in [0.1, 0.15) is 0 Å². The van der Waals surface area contributed by atoms with Gasteiger partial charge in [0.05, 0.1) is 7.11 Å². The van der Waals surface area contributed by atoms with E-state index in [1.165, 1.54) is 43.1 Å². The first-order valence-corrected chi connectivity index (χ1v) is 8.87. The third kappa shape index (κ3) is 3.69. The molecule has 0 aliphatic heterocycles. The van der Waals surface area contributed by atoms with Crippen molar-refractivity contribution in [2.75, 3.05) is 7.11 Å². The molecule has 1 nitrogen and oxygen atoms in total. The van der Waals surface area contributed by atoms with Gasteiger partial charge >= 0.3 is 0 Å². The van der Waals surface area contributed by atoms with Crippen molar-refractivity contribution in [2.24, 2.45) is 0 Å². The molecule has 0 saturated carbocycles. The second kappa shape index (κ2) is 7.65. The van der Waals surface area contributed by atoms with Gasteiger partial charge in [-0.05, 0) is 65.6 Å². The molecule has 1 aliphatic rings. The van der Waals surface area contributed by atoms with E-state index in [1.54, 1.807) is 6.07 Å². The first kappa shape index (κ1) is 16.8. The minimum Gasteiger partial charge on any atom is -0.494 e. The maximum absolute atomic E-state index is 14.0. The monoisotopic (exact) mass is 324 g/mol. The van der Waals surface area contributed by atoms with E-state index in [2.05, 4.69) is 37.3 Å². The Morgan fingerprint density at radius 2 is 1.83 bits per heavy atom. The number of ether oxygens (including phenoxy) is 1. The number of halogens is 1. The normalized spacial score (nSPS) is 13.4. The van der Waals surface area contributed by atoms with E-state index in [0.717, 1.165) is 30.4 Å². The van der Waals surface area contributed by atoms with Crippen molar-refractivity contribution in [3.63, 3.8) is 0 Å². The molecule has 3 rings (SSSR count). The topological polar surface area (TPSA) is 9.23 Å². The summed E-state index contributed by atoms with van der Waals surface area (Å²) in [5.74, 6) is 0.0436. The van der Waals surface area contributed by atoms with Crippen molar-refractivity contribution in [2.45, 2.75) is 45.4 Å². The molecule has 0 amide bonds. The summed E-state index contributed by atoms with van der Waals surface area (Å²) in [4.78, 5) is 0. The zero-order chi connectivity index (χ0) is 16.9. The summed E-state index contributed by atoms with van der Waals surface area (Å²) in [7, 11) is 1.51. The van der Waals surface area contributed by atoms with Crippen LogP contribution < -0.4 is 4.74 Å². The zero-order valence-corrected chi connectivity index (χ0v) is 14.6. The molecule has 0 N–H and O–H groups in total. The minimum absolute atomic E-state index is 0.292. The van der Waals surface area contributed by atoms with Gasteiger partial charge in [-0.15, -0.1) is 0 Å². The molecule has 0 aromatic heterocycles. The van der Waals surface area contributed by atoms with Crippen LogP contribution in [0.4, 0.5) is 4.39 Å². The Morgan fingerprint density at radius 3 is 2.54 bits per heavy atom. The Kier molecular flexibility index (Phi) is 5.34. The fourth-order valence-electron chi connectivity index (χ4n) is 3.34. The van der Waals surface area contributed by atoms with Gasteiger partial charge in [0.25, 0.3) is 0 Å². The summed E-state index contributed by atoms with van der Waals surface area (Å²) in [6.07, 6.45) is 8.99. The van der Waals surface area contributed by atoms with Crippen LogP contribution in [0.5, 0.6) is 5.75 Å². The minimum atomic E-state index is -0.292. The van der Waals surface area contributed by atoms with Crippen molar-refractivity contribution in [1.82, 2.24) is 0 Å². The number of benzene rings is 2. The summed E-state index contributed by atoms with van der Waals surface area (Å²) in [6, 6.07) is 12.3. The van der Waals surface area contributed by atoms with Gasteiger partial charge < -0.3 is 4.74 Å². The van der Waals surface area contributed by atoms with Crippen LogP contribution in [0.2, 0.25) is 0 Å². The van der Waals surface area contributed by atoms with Crippen LogP contribution in [0.3, 0.4) is 0 Å². The fourth-order valence-corrected chi connectivity index (χ4v) is 3.34. The smallest absolute Gasteiger partial charge is 0.165 e. The Morgan fingerprint density at radius 1 is 1.04 bits per heavy atom. The lowest BCUT2D eigenvalue weighted by Crippen LogP contribution is -2.01. The predicted molar refractivity (Wildman–Crippen MR) is 98.8 cm³/mol. The van der Waals surface area contributed by atoms with E-state index in [-0.39, 0.29) is 5.82 Å². The maximum atomic E-state index is 14.0. The number of allylic oxidation sites excluding steroid dienone is 1.